The van der Waals surface area contributed by atoms with Crippen molar-refractivity contribution in [3.05, 3.63) is 46.7 Å². The van der Waals surface area contributed by atoms with Crippen LogP contribution in [0.2, 0.25) is 0 Å². The molecule has 0 unspecified atom stereocenters. The third-order valence-electron chi connectivity index (χ3n) is 2.26. The van der Waals surface area contributed by atoms with Gasteiger partial charge in [0.25, 0.3) is 0 Å². The monoisotopic (exact) mass is 364 g/mol. The number of benzene rings is 1. The lowest BCUT2D eigenvalue weighted by Crippen LogP contribution is -2.42. The lowest BCUT2D eigenvalue weighted by atomic mass is 10.0. The van der Waals surface area contributed by atoms with E-state index in [0.29, 0.717) is 0 Å². The Hall–Kier alpha value is -2.08. The van der Waals surface area contributed by atoms with Gasteiger partial charge in [-0.3, -0.25) is 0 Å². The minimum atomic E-state index is -6.42. The van der Waals surface area contributed by atoms with E-state index >= 15 is 0 Å². The number of rotatable bonds is 4. The molecule has 0 amide bonds. The van der Waals surface area contributed by atoms with Gasteiger partial charge in [-0.2, -0.15) is 30.7 Å². The Labute approximate surface area is 117 Å². The summed E-state index contributed by atoms with van der Waals surface area (Å²) < 4.78 is 154. The highest BCUT2D eigenvalue weighted by molar-refractivity contribution is 5.29. The van der Waals surface area contributed by atoms with Crippen LogP contribution < -0.4 is 0 Å². The number of ether oxygens (including phenoxy) is 1. The van der Waals surface area contributed by atoms with E-state index in [1.165, 1.54) is 0 Å². The molecule has 0 saturated heterocycles. The molecule has 0 spiro atoms. The van der Waals surface area contributed by atoms with Gasteiger partial charge >= 0.3 is 24.1 Å². The summed E-state index contributed by atoms with van der Waals surface area (Å²) in [6.45, 7) is 0. The zero-order valence-corrected chi connectivity index (χ0v) is 9.94. The van der Waals surface area contributed by atoms with Crippen LogP contribution in [-0.4, -0.2) is 6.11 Å². The zero-order valence-electron chi connectivity index (χ0n) is 9.94. The smallest absolute Gasteiger partial charge is 0.397 e. The van der Waals surface area contributed by atoms with Gasteiger partial charge in [0.15, 0.2) is 23.3 Å². The Morgan fingerprint density at radius 3 is 1.35 bits per heavy atom. The molecule has 1 aromatic rings. The van der Waals surface area contributed by atoms with Gasteiger partial charge in [0.2, 0.25) is 5.82 Å². The van der Waals surface area contributed by atoms with Crippen LogP contribution in [-0.2, 0) is 10.7 Å². The van der Waals surface area contributed by atoms with Gasteiger partial charge in [0, 0.05) is 0 Å². The van der Waals surface area contributed by atoms with Crippen LogP contribution in [0, 0.1) is 29.1 Å². The highest BCUT2D eigenvalue weighted by Gasteiger charge is 2.64. The predicted molar refractivity (Wildman–Crippen MR) is 46.5 cm³/mol. The third-order valence-corrected chi connectivity index (χ3v) is 2.26. The van der Waals surface area contributed by atoms with Crippen LogP contribution in [0.3, 0.4) is 0 Å². The molecule has 0 aliphatic heterocycles. The number of halogens is 12. The van der Waals surface area contributed by atoms with Crippen molar-refractivity contribution in [2.75, 3.05) is 0 Å². The maximum Gasteiger partial charge on any atom is 0.471 e. The summed E-state index contributed by atoms with van der Waals surface area (Å²) in [5.74, 6) is -22.1. The van der Waals surface area contributed by atoms with Crippen molar-refractivity contribution >= 4 is 0 Å². The van der Waals surface area contributed by atoms with Crippen LogP contribution in [0.4, 0.5) is 52.7 Å². The van der Waals surface area contributed by atoms with E-state index in [1.807, 2.05) is 0 Å². The van der Waals surface area contributed by atoms with Crippen LogP contribution in [0.1, 0.15) is 5.56 Å². The molecule has 0 heterocycles. The third kappa shape index (κ3) is 3.03. The highest BCUT2D eigenvalue weighted by atomic mass is 19.3. The first-order valence-corrected chi connectivity index (χ1v) is 4.93. The summed E-state index contributed by atoms with van der Waals surface area (Å²) in [6, 6.07) is -3.54. The summed E-state index contributed by atoms with van der Waals surface area (Å²) in [5.41, 5.74) is -3.38. The molecule has 0 atom stereocenters. The molecule has 0 aliphatic carbocycles. The molecule has 0 N–H and O–H groups in total. The van der Waals surface area contributed by atoms with E-state index in [4.69, 9.17) is 0 Å². The average Bonchev–Trinajstić information content (AvgIpc) is 2.42. The topological polar surface area (TPSA) is 9.23 Å². The summed E-state index contributed by atoms with van der Waals surface area (Å²) in [5, 5.41) is 0. The molecule has 0 fully saturated rings. The Morgan fingerprint density at radius 1 is 0.652 bits per heavy atom. The second-order valence-electron chi connectivity index (χ2n) is 3.67. The molecule has 0 saturated carbocycles. The van der Waals surface area contributed by atoms with E-state index < -0.39 is 58.8 Å². The number of hydrogen-bond acceptors (Lipinski definition) is 1. The molecule has 13 heteroatoms. The zero-order chi connectivity index (χ0) is 18.3. The second-order valence-corrected chi connectivity index (χ2v) is 3.67. The fourth-order valence-corrected chi connectivity index (χ4v) is 1.24. The van der Waals surface area contributed by atoms with Gasteiger partial charge in [-0.1, -0.05) is 0 Å². The van der Waals surface area contributed by atoms with Crippen LogP contribution >= 0.6 is 0 Å². The normalized spacial score (nSPS) is 12.3. The molecule has 0 radical (unpaired) electrons. The molecule has 1 nitrogen and oxygen atoms in total. The van der Waals surface area contributed by atoms with Crippen molar-refractivity contribution < 1.29 is 57.4 Å². The van der Waals surface area contributed by atoms with Crippen molar-refractivity contribution in [3.8, 4) is 0 Å². The number of alkyl halides is 4. The molecule has 1 aromatic carbocycles. The average molecular weight is 364 g/mol. The molecule has 1 rings (SSSR count). The molecule has 0 bridgehead atoms. The van der Waals surface area contributed by atoms with Gasteiger partial charge in [0.05, 0.1) is 0 Å². The van der Waals surface area contributed by atoms with Crippen molar-refractivity contribution in [3.63, 3.8) is 0 Å². The number of hydrogen-bond donors (Lipinski definition) is 0. The van der Waals surface area contributed by atoms with Crippen LogP contribution in [0.15, 0.2) is 12.1 Å². The van der Waals surface area contributed by atoms with Crippen molar-refractivity contribution in [1.29, 1.82) is 0 Å². The highest BCUT2D eigenvalue weighted by Crippen LogP contribution is 2.48. The fourth-order valence-electron chi connectivity index (χ4n) is 1.24. The van der Waals surface area contributed by atoms with Gasteiger partial charge in [0.1, 0.15) is 5.56 Å². The molecule has 0 aliphatic rings. The van der Waals surface area contributed by atoms with Crippen LogP contribution in [0.5, 0.6) is 0 Å². The second kappa shape index (κ2) is 5.85. The van der Waals surface area contributed by atoms with Crippen LogP contribution in [0.25, 0.3) is 0 Å². The summed E-state index contributed by atoms with van der Waals surface area (Å²) in [7, 11) is 0. The van der Waals surface area contributed by atoms with E-state index in [9.17, 15) is 52.7 Å². The first-order valence-electron chi connectivity index (χ1n) is 4.93. The minimum Gasteiger partial charge on any atom is -0.397 e. The van der Waals surface area contributed by atoms with Crippen molar-refractivity contribution in [1.82, 2.24) is 0 Å². The molecule has 130 valence electrons. The van der Waals surface area contributed by atoms with Gasteiger partial charge in [-0.25, -0.2) is 22.0 Å². The van der Waals surface area contributed by atoms with Gasteiger partial charge < -0.3 is 4.74 Å². The van der Waals surface area contributed by atoms with Crippen molar-refractivity contribution in [2.24, 2.45) is 0 Å². The Kier molecular flexibility index (Phi) is 4.82. The van der Waals surface area contributed by atoms with Crippen molar-refractivity contribution in [2.45, 2.75) is 12.0 Å². The summed E-state index contributed by atoms with van der Waals surface area (Å²) in [6.07, 6.45) is -10.1. The lowest BCUT2D eigenvalue weighted by Gasteiger charge is -2.26. The van der Waals surface area contributed by atoms with E-state index in [2.05, 4.69) is 4.74 Å². The quantitative estimate of drug-likeness (QED) is 0.312. The van der Waals surface area contributed by atoms with E-state index in [-0.39, 0.29) is 0 Å². The first-order chi connectivity index (χ1) is 10.3. The largest absolute Gasteiger partial charge is 0.471 e. The maximum absolute atomic E-state index is 13.3. The Balaban J connectivity index is 3.59. The Bertz CT molecular complexity index is 631. The maximum atomic E-state index is 13.3. The van der Waals surface area contributed by atoms with Gasteiger partial charge in [-0.15, -0.1) is 0 Å². The lowest BCUT2D eigenvalue weighted by molar-refractivity contribution is -0.348. The Morgan fingerprint density at radius 2 is 1.00 bits per heavy atom. The van der Waals surface area contributed by atoms with E-state index in [0.717, 1.165) is 0 Å². The molecule has 23 heavy (non-hydrogen) atoms. The van der Waals surface area contributed by atoms with Gasteiger partial charge in [-0.05, 0) is 0 Å². The van der Waals surface area contributed by atoms with E-state index in [1.54, 1.807) is 0 Å². The fraction of sp³-hybridized carbons (Fsp3) is 0.200. The molecular formula is C10F12O. The first kappa shape index (κ1) is 19.0. The molecule has 0 aromatic heterocycles. The molecular weight excluding hydrogens is 364 g/mol. The predicted octanol–water partition coefficient (Wildman–Crippen LogP) is 5.12. The minimum absolute atomic E-state index is 2.25. The SMILES string of the molecule is FC(F)=C(F)OC(F)(F)C(F)(F)c1c(F)c(F)c(F)c(F)c1F. The standard InChI is InChI=1S/C10F12O/c11-2-1(3(12)5(14)6(15)4(2)13)9(19,20)10(21,22)23-8(18)7(16)17. The summed E-state index contributed by atoms with van der Waals surface area (Å²) in [4.78, 5) is 0. The summed E-state index contributed by atoms with van der Waals surface area (Å²) >= 11 is 0.